The molecule has 0 radical (unpaired) electrons. The molecule has 3 aromatic heterocycles. The molecule has 0 atom stereocenters. The molecule has 60 heavy (non-hydrogen) atoms. The van der Waals surface area contributed by atoms with Crippen molar-refractivity contribution in [1.29, 1.82) is 0 Å². The van der Waals surface area contributed by atoms with E-state index in [0.717, 1.165) is 61.3 Å². The molecule has 4 nitrogen and oxygen atoms in total. The minimum Gasteiger partial charge on any atom is -0.309 e. The second kappa shape index (κ2) is 13.8. The lowest BCUT2D eigenvalue weighted by molar-refractivity contribution is 1.18. The summed E-state index contributed by atoms with van der Waals surface area (Å²) in [5, 5.41) is 7.21. The lowest BCUT2D eigenvalue weighted by atomic mass is 10.0. The Morgan fingerprint density at radius 2 is 0.900 bits per heavy atom. The normalized spacial score (nSPS) is 11.7. The molecule has 3 heterocycles. The van der Waals surface area contributed by atoms with Crippen LogP contribution in [0.4, 0.5) is 0 Å². The Labute approximate surface area is 346 Å². The van der Waals surface area contributed by atoms with Crippen molar-refractivity contribution in [3.05, 3.63) is 218 Å². The van der Waals surface area contributed by atoms with E-state index in [0.29, 0.717) is 5.82 Å². The van der Waals surface area contributed by atoms with Gasteiger partial charge in [0.2, 0.25) is 0 Å². The van der Waals surface area contributed by atoms with Crippen LogP contribution in [0.1, 0.15) is 0 Å². The zero-order chi connectivity index (χ0) is 39.6. The van der Waals surface area contributed by atoms with Gasteiger partial charge in [-0.3, -0.25) is 0 Å². The van der Waals surface area contributed by atoms with Crippen molar-refractivity contribution in [3.63, 3.8) is 0 Å². The predicted molar refractivity (Wildman–Crippen MR) is 250 cm³/mol. The molecule has 280 valence electrons. The fraction of sp³-hybridized carbons (Fsp3) is 0. The van der Waals surface area contributed by atoms with Crippen LogP contribution in [0.25, 0.3) is 111 Å². The van der Waals surface area contributed by atoms with Crippen LogP contribution >= 0.6 is 0 Å². The van der Waals surface area contributed by atoms with Crippen LogP contribution in [-0.2, 0) is 0 Å². The van der Waals surface area contributed by atoms with Crippen LogP contribution in [0.2, 0.25) is 0 Å². The molecule has 0 bridgehead atoms. The van der Waals surface area contributed by atoms with Gasteiger partial charge in [-0.1, -0.05) is 170 Å². The lowest BCUT2D eigenvalue weighted by Gasteiger charge is -2.14. The third-order valence-corrected chi connectivity index (χ3v) is 11.9. The van der Waals surface area contributed by atoms with Crippen molar-refractivity contribution in [2.24, 2.45) is 0 Å². The molecule has 0 fully saturated rings. The van der Waals surface area contributed by atoms with E-state index in [4.69, 9.17) is 9.97 Å². The second-order valence-corrected chi connectivity index (χ2v) is 15.4. The molecular weight excluding hydrogens is 729 g/mol. The van der Waals surface area contributed by atoms with Gasteiger partial charge in [-0.15, -0.1) is 0 Å². The van der Waals surface area contributed by atoms with Crippen LogP contribution in [0.3, 0.4) is 0 Å². The fourth-order valence-electron chi connectivity index (χ4n) is 9.18. The second-order valence-electron chi connectivity index (χ2n) is 15.4. The van der Waals surface area contributed by atoms with Crippen molar-refractivity contribution in [2.75, 3.05) is 0 Å². The zero-order valence-corrected chi connectivity index (χ0v) is 32.6. The van der Waals surface area contributed by atoms with Gasteiger partial charge in [0.1, 0.15) is 0 Å². The van der Waals surface area contributed by atoms with Gasteiger partial charge in [-0.25, -0.2) is 9.97 Å². The Balaban J connectivity index is 1.07. The standard InChI is InChI=1S/C56H36N4/c1-4-16-37(17-5-1)40-22-14-24-43(35-40)59-51-27-12-10-25-45(51)46-32-33-53-54(55(46)59)47-26-11-13-28-52(47)60(53)50-29-15-23-41-34-42(30-31-44(41)50)56-57-48(38-18-6-2-7-19-38)36-49(58-56)39-20-8-3-9-21-39/h1-36H. The Kier molecular flexibility index (Phi) is 7.82. The molecule has 0 saturated heterocycles. The van der Waals surface area contributed by atoms with Crippen molar-refractivity contribution in [1.82, 2.24) is 19.1 Å². The topological polar surface area (TPSA) is 35.6 Å². The van der Waals surface area contributed by atoms with E-state index in [-0.39, 0.29) is 0 Å². The van der Waals surface area contributed by atoms with Crippen LogP contribution in [0.5, 0.6) is 0 Å². The zero-order valence-electron chi connectivity index (χ0n) is 32.6. The summed E-state index contributed by atoms with van der Waals surface area (Å²) in [6.45, 7) is 0. The minimum atomic E-state index is 0.700. The smallest absolute Gasteiger partial charge is 0.160 e. The summed E-state index contributed by atoms with van der Waals surface area (Å²) in [7, 11) is 0. The summed E-state index contributed by atoms with van der Waals surface area (Å²) in [5.41, 5.74) is 14.3. The lowest BCUT2D eigenvalue weighted by Crippen LogP contribution is -1.98. The third kappa shape index (κ3) is 5.46. The van der Waals surface area contributed by atoms with Gasteiger partial charge in [0.15, 0.2) is 5.82 Å². The highest BCUT2D eigenvalue weighted by atomic mass is 15.0. The summed E-state index contributed by atoms with van der Waals surface area (Å²) >= 11 is 0. The number of aromatic nitrogens is 4. The molecule has 0 saturated carbocycles. The Morgan fingerprint density at radius 3 is 1.62 bits per heavy atom. The molecule has 0 aliphatic heterocycles. The van der Waals surface area contributed by atoms with Gasteiger partial charge < -0.3 is 9.13 Å². The Bertz CT molecular complexity index is 3530. The van der Waals surface area contributed by atoms with Crippen molar-refractivity contribution in [2.45, 2.75) is 0 Å². The molecule has 4 heteroatoms. The summed E-state index contributed by atoms with van der Waals surface area (Å²) in [6.07, 6.45) is 0. The maximum atomic E-state index is 5.14. The van der Waals surface area contributed by atoms with Crippen LogP contribution in [-0.4, -0.2) is 19.1 Å². The largest absolute Gasteiger partial charge is 0.309 e. The maximum Gasteiger partial charge on any atom is 0.160 e. The van der Waals surface area contributed by atoms with E-state index >= 15 is 0 Å². The van der Waals surface area contributed by atoms with Gasteiger partial charge >= 0.3 is 0 Å². The first-order valence-corrected chi connectivity index (χ1v) is 20.4. The molecular formula is C56H36N4. The van der Waals surface area contributed by atoms with Crippen molar-refractivity contribution < 1.29 is 0 Å². The monoisotopic (exact) mass is 764 g/mol. The molecule has 0 unspecified atom stereocenters. The molecule has 12 rings (SSSR count). The van der Waals surface area contributed by atoms with Crippen molar-refractivity contribution in [3.8, 4) is 56.4 Å². The number of hydrogen-bond acceptors (Lipinski definition) is 2. The van der Waals surface area contributed by atoms with E-state index < -0.39 is 0 Å². The van der Waals surface area contributed by atoms with Gasteiger partial charge in [-0.05, 0) is 65.0 Å². The summed E-state index contributed by atoms with van der Waals surface area (Å²) in [5.74, 6) is 0.700. The molecule has 0 aliphatic carbocycles. The SMILES string of the molecule is c1ccc(-c2cccc(-n3c4ccccc4c4ccc5c(c6ccccc6n5-c5cccc6cc(-c7nc(-c8ccccc8)cc(-c8ccccc8)n7)ccc56)c43)c2)cc1. The van der Waals surface area contributed by atoms with E-state index in [1.807, 2.05) is 12.1 Å². The maximum absolute atomic E-state index is 5.14. The summed E-state index contributed by atoms with van der Waals surface area (Å²) in [6, 6.07) is 77.9. The van der Waals surface area contributed by atoms with Crippen molar-refractivity contribution >= 4 is 54.4 Å². The number of rotatable bonds is 6. The molecule has 0 spiro atoms. The van der Waals surface area contributed by atoms with E-state index in [1.165, 1.54) is 43.7 Å². The highest BCUT2D eigenvalue weighted by Crippen LogP contribution is 2.43. The Morgan fingerprint density at radius 1 is 0.317 bits per heavy atom. The van der Waals surface area contributed by atoms with Crippen LogP contribution in [0.15, 0.2) is 218 Å². The van der Waals surface area contributed by atoms with E-state index in [2.05, 4.69) is 215 Å². The Hall–Kier alpha value is -8.08. The molecule has 12 aromatic rings. The van der Waals surface area contributed by atoms with Gasteiger partial charge in [-0.2, -0.15) is 0 Å². The fourth-order valence-corrected chi connectivity index (χ4v) is 9.18. The average Bonchev–Trinajstić information content (AvgIpc) is 3.85. The van der Waals surface area contributed by atoms with Gasteiger partial charge in [0.25, 0.3) is 0 Å². The quantitative estimate of drug-likeness (QED) is 0.169. The summed E-state index contributed by atoms with van der Waals surface area (Å²) < 4.78 is 4.92. The third-order valence-electron chi connectivity index (χ3n) is 11.9. The summed E-state index contributed by atoms with van der Waals surface area (Å²) in [4.78, 5) is 10.3. The highest BCUT2D eigenvalue weighted by molar-refractivity contribution is 6.26. The number of benzene rings is 9. The number of nitrogens with zero attached hydrogens (tertiary/aromatic N) is 4. The van der Waals surface area contributed by atoms with E-state index in [9.17, 15) is 0 Å². The number of fused-ring (bicyclic) bond motifs is 8. The minimum absolute atomic E-state index is 0.700. The molecule has 9 aromatic carbocycles. The van der Waals surface area contributed by atoms with Gasteiger partial charge in [0.05, 0.1) is 39.1 Å². The van der Waals surface area contributed by atoms with Gasteiger partial charge in [0, 0.05) is 49.3 Å². The predicted octanol–water partition coefficient (Wildman–Crippen LogP) is 14.5. The number of hydrogen-bond donors (Lipinski definition) is 0. The van der Waals surface area contributed by atoms with Crippen LogP contribution in [0, 0.1) is 0 Å². The molecule has 0 aliphatic rings. The highest BCUT2D eigenvalue weighted by Gasteiger charge is 2.22. The average molecular weight is 765 g/mol. The van der Waals surface area contributed by atoms with Crippen LogP contribution < -0.4 is 0 Å². The first-order valence-electron chi connectivity index (χ1n) is 20.4. The number of para-hydroxylation sites is 2. The molecule has 0 amide bonds. The first-order chi connectivity index (χ1) is 29.8. The van der Waals surface area contributed by atoms with E-state index in [1.54, 1.807) is 0 Å². The first kappa shape index (κ1) is 34.0. The molecule has 0 N–H and O–H groups in total.